The minimum atomic E-state index is -4.40. The van der Waals surface area contributed by atoms with Gasteiger partial charge in [0.1, 0.15) is 0 Å². The first-order valence-corrected chi connectivity index (χ1v) is 5.11. The van der Waals surface area contributed by atoms with Gasteiger partial charge in [0.25, 0.3) is 0 Å². The Labute approximate surface area is 96.1 Å². The van der Waals surface area contributed by atoms with Crippen LogP contribution in [0.4, 0.5) is 13.2 Å². The maximum Gasteiger partial charge on any atom is 0.418 e. The van der Waals surface area contributed by atoms with E-state index in [2.05, 4.69) is 4.98 Å². The summed E-state index contributed by atoms with van der Waals surface area (Å²) in [7, 11) is 0. The maximum atomic E-state index is 12.7. The van der Waals surface area contributed by atoms with E-state index in [4.69, 9.17) is 0 Å². The Morgan fingerprint density at radius 1 is 1.12 bits per heavy atom. The second-order valence-electron chi connectivity index (χ2n) is 4.49. The molecular formula is C12H12F3NO. The number of H-pyrrole nitrogens is 1. The lowest BCUT2D eigenvalue weighted by Crippen LogP contribution is -2.14. The molecule has 2 rings (SSSR count). The average Bonchev–Trinajstić information content (AvgIpc) is 2.57. The van der Waals surface area contributed by atoms with Crippen LogP contribution in [0, 0.1) is 0 Å². The van der Waals surface area contributed by atoms with Gasteiger partial charge in [-0.3, -0.25) is 0 Å². The molecule has 0 aliphatic rings. The molecule has 2 N–H and O–H groups in total. The molecule has 0 bridgehead atoms. The number of benzene rings is 1. The van der Waals surface area contributed by atoms with Crippen molar-refractivity contribution in [3.05, 3.63) is 35.5 Å². The summed E-state index contributed by atoms with van der Waals surface area (Å²) in [5.74, 6) is 0. The molecule has 1 heterocycles. The molecule has 5 heteroatoms. The highest BCUT2D eigenvalue weighted by molar-refractivity contribution is 5.87. The predicted molar refractivity (Wildman–Crippen MR) is 58.5 cm³/mol. The van der Waals surface area contributed by atoms with E-state index in [-0.39, 0.29) is 5.52 Å². The number of para-hydroxylation sites is 1. The highest BCUT2D eigenvalue weighted by atomic mass is 19.4. The van der Waals surface area contributed by atoms with E-state index in [1.54, 1.807) is 6.07 Å². The normalized spacial score (nSPS) is 13.3. The van der Waals surface area contributed by atoms with Gasteiger partial charge in [-0.25, -0.2) is 0 Å². The number of rotatable bonds is 1. The minimum absolute atomic E-state index is 0.0112. The van der Waals surface area contributed by atoms with Gasteiger partial charge in [-0.2, -0.15) is 13.2 Å². The second kappa shape index (κ2) is 3.50. The van der Waals surface area contributed by atoms with Crippen LogP contribution < -0.4 is 0 Å². The number of hydrogen-bond donors (Lipinski definition) is 2. The lowest BCUT2D eigenvalue weighted by Gasteiger charge is -2.16. The molecule has 1 aromatic carbocycles. The summed E-state index contributed by atoms with van der Waals surface area (Å²) in [6.07, 6.45) is -2.98. The van der Waals surface area contributed by atoms with Crippen molar-refractivity contribution in [2.75, 3.05) is 0 Å². The van der Waals surface area contributed by atoms with Gasteiger partial charge in [-0.05, 0) is 19.9 Å². The van der Waals surface area contributed by atoms with Crippen molar-refractivity contribution in [2.24, 2.45) is 0 Å². The monoisotopic (exact) mass is 243 g/mol. The van der Waals surface area contributed by atoms with E-state index in [0.717, 1.165) is 6.07 Å². The highest BCUT2D eigenvalue weighted by Crippen LogP contribution is 2.37. The van der Waals surface area contributed by atoms with E-state index < -0.39 is 17.3 Å². The van der Waals surface area contributed by atoms with Crippen LogP contribution in [0.3, 0.4) is 0 Å². The van der Waals surface area contributed by atoms with Crippen molar-refractivity contribution in [2.45, 2.75) is 25.6 Å². The first-order valence-electron chi connectivity index (χ1n) is 5.11. The van der Waals surface area contributed by atoms with Crippen molar-refractivity contribution in [3.8, 4) is 0 Å². The van der Waals surface area contributed by atoms with E-state index >= 15 is 0 Å². The average molecular weight is 243 g/mol. The third kappa shape index (κ3) is 2.02. The third-order valence-corrected chi connectivity index (χ3v) is 2.68. The highest BCUT2D eigenvalue weighted by Gasteiger charge is 2.34. The second-order valence-corrected chi connectivity index (χ2v) is 4.49. The summed E-state index contributed by atoms with van der Waals surface area (Å²) >= 11 is 0. The molecule has 0 saturated carbocycles. The molecule has 2 aromatic rings. The lowest BCUT2D eigenvalue weighted by atomic mass is 9.97. The topological polar surface area (TPSA) is 36.0 Å². The lowest BCUT2D eigenvalue weighted by molar-refractivity contribution is -0.136. The number of nitrogens with one attached hydrogen (secondary N) is 1. The smallest absolute Gasteiger partial charge is 0.386 e. The van der Waals surface area contributed by atoms with Crippen LogP contribution in [0.25, 0.3) is 10.9 Å². The Kier molecular flexibility index (Phi) is 2.47. The molecule has 17 heavy (non-hydrogen) atoms. The number of aromatic amines is 1. The molecule has 0 saturated heterocycles. The van der Waals surface area contributed by atoms with E-state index in [0.29, 0.717) is 10.9 Å². The van der Waals surface area contributed by atoms with Gasteiger partial charge >= 0.3 is 6.18 Å². The minimum Gasteiger partial charge on any atom is -0.386 e. The summed E-state index contributed by atoms with van der Waals surface area (Å²) in [6, 6.07) is 3.93. The largest absolute Gasteiger partial charge is 0.418 e. The van der Waals surface area contributed by atoms with Crippen LogP contribution in [0.2, 0.25) is 0 Å². The first kappa shape index (κ1) is 12.0. The molecule has 1 aromatic heterocycles. The van der Waals surface area contributed by atoms with Crippen molar-refractivity contribution >= 4 is 10.9 Å². The van der Waals surface area contributed by atoms with Crippen LogP contribution in [-0.4, -0.2) is 10.1 Å². The Morgan fingerprint density at radius 3 is 2.29 bits per heavy atom. The predicted octanol–water partition coefficient (Wildman–Crippen LogP) is 3.41. The number of hydrogen-bond acceptors (Lipinski definition) is 1. The summed E-state index contributed by atoms with van der Waals surface area (Å²) in [5, 5.41) is 10.3. The van der Waals surface area contributed by atoms with E-state index in [1.807, 2.05) is 0 Å². The molecule has 0 aliphatic carbocycles. The zero-order valence-corrected chi connectivity index (χ0v) is 9.39. The van der Waals surface area contributed by atoms with Crippen molar-refractivity contribution < 1.29 is 18.3 Å². The number of aromatic nitrogens is 1. The van der Waals surface area contributed by atoms with Gasteiger partial charge in [-0.15, -0.1) is 0 Å². The zero-order chi connectivity index (χ0) is 12.8. The fraction of sp³-hybridized carbons (Fsp3) is 0.333. The van der Waals surface area contributed by atoms with E-state index in [9.17, 15) is 18.3 Å². The van der Waals surface area contributed by atoms with Crippen molar-refractivity contribution in [1.82, 2.24) is 4.98 Å². The number of alkyl halides is 3. The molecular weight excluding hydrogens is 231 g/mol. The molecule has 0 amide bonds. The summed E-state index contributed by atoms with van der Waals surface area (Å²) in [6.45, 7) is 3.08. The van der Waals surface area contributed by atoms with Crippen LogP contribution in [0.5, 0.6) is 0 Å². The van der Waals surface area contributed by atoms with Crippen molar-refractivity contribution in [3.63, 3.8) is 0 Å². The Balaban J connectivity index is 2.74. The van der Waals surface area contributed by atoms with Gasteiger partial charge in [0, 0.05) is 17.1 Å². The Hall–Kier alpha value is -1.49. The van der Waals surface area contributed by atoms with Gasteiger partial charge < -0.3 is 10.1 Å². The molecule has 0 unspecified atom stereocenters. The number of halogens is 3. The fourth-order valence-electron chi connectivity index (χ4n) is 1.90. The summed E-state index contributed by atoms with van der Waals surface area (Å²) in [5.41, 5.74) is -1.43. The SMILES string of the molecule is CC(C)(O)c1c[nH]c2c(C(F)(F)F)cccc12. The first-order chi connectivity index (χ1) is 7.71. The Bertz CT molecular complexity index is 549. The fourth-order valence-corrected chi connectivity index (χ4v) is 1.90. The van der Waals surface area contributed by atoms with E-state index in [1.165, 1.54) is 26.1 Å². The number of fused-ring (bicyclic) bond motifs is 1. The number of aliphatic hydroxyl groups is 1. The maximum absolute atomic E-state index is 12.7. The van der Waals surface area contributed by atoms with Gasteiger partial charge in [0.05, 0.1) is 16.7 Å². The van der Waals surface area contributed by atoms with Gasteiger partial charge in [-0.1, -0.05) is 12.1 Å². The van der Waals surface area contributed by atoms with Gasteiger partial charge in [0.2, 0.25) is 0 Å². The van der Waals surface area contributed by atoms with Crippen molar-refractivity contribution in [1.29, 1.82) is 0 Å². The van der Waals surface area contributed by atoms with Crippen LogP contribution in [0.15, 0.2) is 24.4 Å². The molecule has 0 spiro atoms. The summed E-state index contributed by atoms with van der Waals surface area (Å²) < 4.78 is 38.2. The molecule has 0 atom stereocenters. The van der Waals surface area contributed by atoms with Crippen LogP contribution >= 0.6 is 0 Å². The van der Waals surface area contributed by atoms with Gasteiger partial charge in [0.15, 0.2) is 0 Å². The molecule has 2 nitrogen and oxygen atoms in total. The third-order valence-electron chi connectivity index (χ3n) is 2.68. The molecule has 0 fully saturated rings. The molecule has 0 aliphatic heterocycles. The van der Waals surface area contributed by atoms with Crippen LogP contribution in [-0.2, 0) is 11.8 Å². The summed E-state index contributed by atoms with van der Waals surface area (Å²) in [4.78, 5) is 2.59. The quantitative estimate of drug-likeness (QED) is 0.791. The molecule has 92 valence electrons. The standard InChI is InChI=1S/C12H12F3NO/c1-11(2,17)9-6-16-10-7(9)4-3-5-8(10)12(13,14)15/h3-6,16-17H,1-2H3. The molecule has 0 radical (unpaired) electrons. The zero-order valence-electron chi connectivity index (χ0n) is 9.39. The Morgan fingerprint density at radius 2 is 1.76 bits per heavy atom. The van der Waals surface area contributed by atoms with Crippen LogP contribution in [0.1, 0.15) is 25.0 Å².